The lowest BCUT2D eigenvalue weighted by Crippen LogP contribution is -2.26. The van der Waals surface area contributed by atoms with E-state index >= 15 is 0 Å². The quantitative estimate of drug-likeness (QED) is 0.700. The Kier molecular flexibility index (Phi) is 4.54. The van der Waals surface area contributed by atoms with Crippen molar-refractivity contribution in [3.05, 3.63) is 41.7 Å². The Morgan fingerprint density at radius 2 is 1.96 bits per heavy atom. The van der Waals surface area contributed by atoms with E-state index in [0.29, 0.717) is 41.2 Å². The number of hydrogen-bond acceptors (Lipinski definition) is 7. The molecule has 0 amide bonds. The predicted octanol–water partition coefficient (Wildman–Crippen LogP) is 4.31. The van der Waals surface area contributed by atoms with Crippen LogP contribution in [0.1, 0.15) is 12.8 Å². The second kappa shape index (κ2) is 7.33. The van der Waals surface area contributed by atoms with Gasteiger partial charge in [0, 0.05) is 12.8 Å². The highest BCUT2D eigenvalue weighted by Gasteiger charge is 2.23. The lowest BCUT2D eigenvalue weighted by Gasteiger charge is -2.24. The number of fused-ring (bicyclic) bond motifs is 2. The van der Waals surface area contributed by atoms with Gasteiger partial charge in [0.2, 0.25) is 6.79 Å². The van der Waals surface area contributed by atoms with Gasteiger partial charge in [-0.1, -0.05) is 17.7 Å². The molecule has 0 atom stereocenters. The standard InChI is InChI=1S/C20H18ClN3O4/c21-13-4-5-16-19(27-11-26-16)18(13)24-20-17-14(22-10-23-20)2-1-3-15(17)28-12-6-8-25-9-7-12/h1-5,10,12H,6-9,11H2,(H,22,23,24). The molecule has 3 aromatic rings. The van der Waals surface area contributed by atoms with Gasteiger partial charge in [0.05, 0.1) is 29.1 Å². The molecule has 0 saturated carbocycles. The van der Waals surface area contributed by atoms with E-state index in [1.165, 1.54) is 6.33 Å². The van der Waals surface area contributed by atoms with Crippen LogP contribution in [0.3, 0.4) is 0 Å². The van der Waals surface area contributed by atoms with E-state index in [0.717, 1.165) is 29.5 Å². The van der Waals surface area contributed by atoms with Crippen molar-refractivity contribution in [3.63, 3.8) is 0 Å². The van der Waals surface area contributed by atoms with Crippen molar-refractivity contribution in [1.82, 2.24) is 9.97 Å². The molecule has 3 heterocycles. The average Bonchev–Trinajstić information content (AvgIpc) is 3.20. The van der Waals surface area contributed by atoms with E-state index < -0.39 is 0 Å². The van der Waals surface area contributed by atoms with Crippen LogP contribution in [0.2, 0.25) is 5.02 Å². The zero-order chi connectivity index (χ0) is 18.9. The van der Waals surface area contributed by atoms with E-state index in [4.69, 9.17) is 30.5 Å². The third-order valence-corrected chi connectivity index (χ3v) is 5.13. The van der Waals surface area contributed by atoms with Gasteiger partial charge in [0.1, 0.15) is 29.7 Å². The molecular weight excluding hydrogens is 382 g/mol. The van der Waals surface area contributed by atoms with Gasteiger partial charge in [-0.2, -0.15) is 0 Å². The molecule has 0 aliphatic carbocycles. The molecule has 5 rings (SSSR count). The maximum atomic E-state index is 6.42. The largest absolute Gasteiger partial charge is 0.489 e. The number of ether oxygens (including phenoxy) is 4. The average molecular weight is 400 g/mol. The van der Waals surface area contributed by atoms with Crippen LogP contribution in [0.4, 0.5) is 11.5 Å². The molecular formula is C20H18ClN3O4. The maximum absolute atomic E-state index is 6.42. The van der Waals surface area contributed by atoms with Crippen LogP contribution in [-0.2, 0) is 4.74 Å². The fourth-order valence-electron chi connectivity index (χ4n) is 3.43. The summed E-state index contributed by atoms with van der Waals surface area (Å²) < 4.78 is 22.7. The van der Waals surface area contributed by atoms with Crippen LogP contribution < -0.4 is 19.5 Å². The first-order chi connectivity index (χ1) is 13.8. The summed E-state index contributed by atoms with van der Waals surface area (Å²) >= 11 is 6.42. The SMILES string of the molecule is Clc1ccc2c(c1Nc1ncnc3cccc(OC4CCOCC4)c13)OCO2. The molecule has 8 heteroatoms. The van der Waals surface area contributed by atoms with E-state index in [2.05, 4.69) is 15.3 Å². The number of benzene rings is 2. The minimum absolute atomic E-state index is 0.105. The van der Waals surface area contributed by atoms with Crippen molar-refractivity contribution in [2.24, 2.45) is 0 Å². The van der Waals surface area contributed by atoms with E-state index in [-0.39, 0.29) is 12.9 Å². The molecule has 2 aromatic carbocycles. The highest BCUT2D eigenvalue weighted by atomic mass is 35.5. The summed E-state index contributed by atoms with van der Waals surface area (Å²) in [6.07, 6.45) is 3.33. The Labute approximate surface area is 166 Å². The number of halogens is 1. The van der Waals surface area contributed by atoms with Crippen LogP contribution in [-0.4, -0.2) is 36.1 Å². The van der Waals surface area contributed by atoms with Gasteiger partial charge in [-0.05, 0) is 24.3 Å². The topological polar surface area (TPSA) is 74.7 Å². The van der Waals surface area contributed by atoms with Crippen LogP contribution in [0.15, 0.2) is 36.7 Å². The van der Waals surface area contributed by atoms with E-state index in [9.17, 15) is 0 Å². The minimum Gasteiger partial charge on any atom is -0.489 e. The van der Waals surface area contributed by atoms with Crippen molar-refractivity contribution >= 4 is 34.0 Å². The Morgan fingerprint density at radius 3 is 2.86 bits per heavy atom. The first-order valence-electron chi connectivity index (χ1n) is 9.13. The monoisotopic (exact) mass is 399 g/mol. The zero-order valence-electron chi connectivity index (χ0n) is 15.0. The van der Waals surface area contributed by atoms with Crippen molar-refractivity contribution in [3.8, 4) is 17.2 Å². The molecule has 0 bridgehead atoms. The number of nitrogens with one attached hydrogen (secondary N) is 1. The Balaban J connectivity index is 1.56. The summed E-state index contributed by atoms with van der Waals surface area (Å²) in [5, 5.41) is 4.61. The summed E-state index contributed by atoms with van der Waals surface area (Å²) in [6.45, 7) is 1.58. The fourth-order valence-corrected chi connectivity index (χ4v) is 3.62. The van der Waals surface area contributed by atoms with E-state index in [1.54, 1.807) is 12.1 Å². The molecule has 28 heavy (non-hydrogen) atoms. The molecule has 0 unspecified atom stereocenters. The lowest BCUT2D eigenvalue weighted by atomic mass is 10.1. The van der Waals surface area contributed by atoms with Gasteiger partial charge in [0.15, 0.2) is 11.5 Å². The summed E-state index contributed by atoms with van der Waals surface area (Å²) in [5.74, 6) is 2.54. The number of aromatic nitrogens is 2. The smallest absolute Gasteiger partial charge is 0.231 e. The zero-order valence-corrected chi connectivity index (χ0v) is 15.7. The van der Waals surface area contributed by atoms with Gasteiger partial charge in [-0.3, -0.25) is 0 Å². The highest BCUT2D eigenvalue weighted by Crippen LogP contribution is 2.45. The third-order valence-electron chi connectivity index (χ3n) is 4.82. The van der Waals surface area contributed by atoms with Crippen molar-refractivity contribution in [1.29, 1.82) is 0 Å². The van der Waals surface area contributed by atoms with Crippen molar-refractivity contribution < 1.29 is 18.9 Å². The van der Waals surface area contributed by atoms with Gasteiger partial charge in [-0.15, -0.1) is 0 Å². The van der Waals surface area contributed by atoms with Gasteiger partial charge in [0.25, 0.3) is 0 Å². The van der Waals surface area contributed by atoms with Gasteiger partial charge < -0.3 is 24.3 Å². The summed E-state index contributed by atoms with van der Waals surface area (Å²) in [6, 6.07) is 9.34. The van der Waals surface area contributed by atoms with Crippen LogP contribution >= 0.6 is 11.6 Å². The first kappa shape index (κ1) is 17.3. The normalized spacial score (nSPS) is 16.3. The molecule has 7 nitrogen and oxygen atoms in total. The third kappa shape index (κ3) is 3.16. The fraction of sp³-hybridized carbons (Fsp3) is 0.300. The Hall–Kier alpha value is -2.77. The molecule has 0 spiro atoms. The van der Waals surface area contributed by atoms with Gasteiger partial charge in [-0.25, -0.2) is 9.97 Å². The highest BCUT2D eigenvalue weighted by molar-refractivity contribution is 6.34. The summed E-state index contributed by atoms with van der Waals surface area (Å²) in [5.41, 5.74) is 1.39. The molecule has 0 radical (unpaired) electrons. The van der Waals surface area contributed by atoms with Crippen LogP contribution in [0.5, 0.6) is 17.2 Å². The molecule has 1 N–H and O–H groups in total. The Morgan fingerprint density at radius 1 is 1.07 bits per heavy atom. The number of rotatable bonds is 4. The van der Waals surface area contributed by atoms with Crippen LogP contribution in [0.25, 0.3) is 10.9 Å². The van der Waals surface area contributed by atoms with E-state index in [1.807, 2.05) is 18.2 Å². The Bertz CT molecular complexity index is 1020. The number of hydrogen-bond donors (Lipinski definition) is 1. The minimum atomic E-state index is 0.105. The first-order valence-corrected chi connectivity index (χ1v) is 9.50. The second-order valence-electron chi connectivity index (χ2n) is 6.58. The molecule has 1 fully saturated rings. The van der Waals surface area contributed by atoms with Gasteiger partial charge >= 0.3 is 0 Å². The lowest BCUT2D eigenvalue weighted by molar-refractivity contribution is 0.0262. The summed E-state index contributed by atoms with van der Waals surface area (Å²) in [7, 11) is 0. The molecule has 144 valence electrons. The molecule has 1 saturated heterocycles. The number of anilines is 2. The maximum Gasteiger partial charge on any atom is 0.231 e. The van der Waals surface area contributed by atoms with Crippen LogP contribution in [0, 0.1) is 0 Å². The molecule has 2 aliphatic rings. The number of nitrogens with zero attached hydrogens (tertiary/aromatic N) is 2. The predicted molar refractivity (Wildman–Crippen MR) is 105 cm³/mol. The second-order valence-corrected chi connectivity index (χ2v) is 6.99. The van der Waals surface area contributed by atoms with Crippen molar-refractivity contribution in [2.45, 2.75) is 18.9 Å². The molecule has 1 aromatic heterocycles. The molecule has 2 aliphatic heterocycles. The van der Waals surface area contributed by atoms with Crippen molar-refractivity contribution in [2.75, 3.05) is 25.3 Å². The summed E-state index contributed by atoms with van der Waals surface area (Å²) in [4.78, 5) is 8.83.